The molecule has 0 amide bonds. The Balaban J connectivity index is 1.97. The Morgan fingerprint density at radius 2 is 2.33 bits per heavy atom. The van der Waals surface area contributed by atoms with Crippen molar-refractivity contribution in [3.8, 4) is 0 Å². The van der Waals surface area contributed by atoms with Crippen LogP contribution in [0.25, 0.3) is 5.78 Å². The molecule has 0 aliphatic heterocycles. The first-order chi connectivity index (χ1) is 8.70. The summed E-state index contributed by atoms with van der Waals surface area (Å²) in [5, 5.41) is 7.52. The van der Waals surface area contributed by atoms with E-state index < -0.39 is 0 Å². The van der Waals surface area contributed by atoms with E-state index in [9.17, 15) is 0 Å². The van der Waals surface area contributed by atoms with Gasteiger partial charge in [0, 0.05) is 18.3 Å². The first-order valence-corrected chi connectivity index (χ1v) is 6.32. The molecule has 0 aromatic carbocycles. The van der Waals surface area contributed by atoms with Crippen LogP contribution in [0.3, 0.4) is 0 Å². The maximum atomic E-state index is 5.59. The van der Waals surface area contributed by atoms with E-state index in [-0.39, 0.29) is 0 Å². The van der Waals surface area contributed by atoms with Gasteiger partial charge in [0.2, 0.25) is 0 Å². The number of nitrogens with two attached hydrogens (primary N) is 1. The summed E-state index contributed by atoms with van der Waals surface area (Å²) >= 11 is 0. The highest BCUT2D eigenvalue weighted by Gasteiger charge is 2.05. The molecule has 0 saturated heterocycles. The predicted molar refractivity (Wildman–Crippen MR) is 71.5 cm³/mol. The van der Waals surface area contributed by atoms with Gasteiger partial charge in [-0.1, -0.05) is 6.92 Å². The first-order valence-electron chi connectivity index (χ1n) is 6.32. The Kier molecular flexibility index (Phi) is 4.09. The Labute approximate surface area is 107 Å². The van der Waals surface area contributed by atoms with E-state index in [0.717, 1.165) is 37.4 Å². The summed E-state index contributed by atoms with van der Waals surface area (Å²) in [5.74, 6) is 2.15. The minimum absolute atomic E-state index is 0.581. The number of aryl methyl sites for hydroxylation is 1. The standard InChI is InChI=1S/C12H20N6/c1-9(7-13)4-3-5-14-11-6-10(2)17-12-15-8-16-18(11)12/h6,8-9,14H,3-5,7,13H2,1-2H3. The van der Waals surface area contributed by atoms with Crippen LogP contribution in [0.15, 0.2) is 12.4 Å². The van der Waals surface area contributed by atoms with E-state index in [1.807, 2.05) is 13.0 Å². The van der Waals surface area contributed by atoms with E-state index >= 15 is 0 Å². The third kappa shape index (κ3) is 2.95. The van der Waals surface area contributed by atoms with Gasteiger partial charge in [-0.15, -0.1) is 0 Å². The summed E-state index contributed by atoms with van der Waals surface area (Å²) < 4.78 is 1.72. The molecule has 2 rings (SSSR count). The zero-order valence-corrected chi connectivity index (χ0v) is 10.9. The average Bonchev–Trinajstić information content (AvgIpc) is 2.81. The van der Waals surface area contributed by atoms with E-state index in [0.29, 0.717) is 11.7 Å². The van der Waals surface area contributed by atoms with E-state index in [2.05, 4.69) is 27.3 Å². The number of hydrogen-bond donors (Lipinski definition) is 2. The quantitative estimate of drug-likeness (QED) is 0.751. The molecule has 0 aliphatic carbocycles. The van der Waals surface area contributed by atoms with Crippen LogP contribution in [0.1, 0.15) is 25.5 Å². The molecule has 1 unspecified atom stereocenters. The molecule has 18 heavy (non-hydrogen) atoms. The fraction of sp³-hybridized carbons (Fsp3) is 0.583. The summed E-state index contributed by atoms with van der Waals surface area (Å²) in [7, 11) is 0. The predicted octanol–water partition coefficient (Wildman–Crippen LogP) is 1.22. The van der Waals surface area contributed by atoms with Gasteiger partial charge in [-0.05, 0) is 32.2 Å². The van der Waals surface area contributed by atoms with Gasteiger partial charge in [0.25, 0.3) is 5.78 Å². The van der Waals surface area contributed by atoms with Gasteiger partial charge in [-0.2, -0.15) is 14.6 Å². The van der Waals surface area contributed by atoms with Crippen LogP contribution in [0.2, 0.25) is 0 Å². The zero-order valence-electron chi connectivity index (χ0n) is 10.9. The summed E-state index contributed by atoms with van der Waals surface area (Å²) in [6.45, 7) is 5.78. The molecule has 0 saturated carbocycles. The highest BCUT2D eigenvalue weighted by atomic mass is 15.3. The van der Waals surface area contributed by atoms with Gasteiger partial charge in [-0.25, -0.2) is 4.98 Å². The van der Waals surface area contributed by atoms with Crippen molar-refractivity contribution >= 4 is 11.6 Å². The minimum Gasteiger partial charge on any atom is -0.370 e. The SMILES string of the molecule is Cc1cc(NCCCC(C)CN)n2ncnc2n1. The Morgan fingerprint density at radius 1 is 1.50 bits per heavy atom. The summed E-state index contributed by atoms with van der Waals surface area (Å²) in [4.78, 5) is 8.39. The second-order valence-corrected chi connectivity index (χ2v) is 4.66. The average molecular weight is 248 g/mol. The van der Waals surface area contributed by atoms with Gasteiger partial charge in [0.1, 0.15) is 12.1 Å². The molecular formula is C12H20N6. The normalized spacial score (nSPS) is 12.8. The van der Waals surface area contributed by atoms with E-state index in [4.69, 9.17) is 5.73 Å². The summed E-state index contributed by atoms with van der Waals surface area (Å²) in [5.41, 5.74) is 6.53. The molecule has 0 fully saturated rings. The fourth-order valence-electron chi connectivity index (χ4n) is 1.84. The van der Waals surface area contributed by atoms with Crippen molar-refractivity contribution in [2.45, 2.75) is 26.7 Å². The molecule has 1 atom stereocenters. The fourth-order valence-corrected chi connectivity index (χ4v) is 1.84. The molecule has 3 N–H and O–H groups in total. The van der Waals surface area contributed by atoms with Gasteiger partial charge in [0.15, 0.2) is 0 Å². The molecule has 6 heteroatoms. The smallest absolute Gasteiger partial charge is 0.254 e. The Hall–Kier alpha value is -1.69. The number of rotatable bonds is 6. The maximum absolute atomic E-state index is 5.59. The molecule has 0 bridgehead atoms. The molecule has 0 aliphatic rings. The lowest BCUT2D eigenvalue weighted by Crippen LogP contribution is -2.13. The van der Waals surface area contributed by atoms with Crippen molar-refractivity contribution in [1.82, 2.24) is 19.6 Å². The Morgan fingerprint density at radius 3 is 3.11 bits per heavy atom. The van der Waals surface area contributed by atoms with Crippen molar-refractivity contribution in [2.75, 3.05) is 18.4 Å². The van der Waals surface area contributed by atoms with Crippen molar-refractivity contribution < 1.29 is 0 Å². The molecule has 0 radical (unpaired) electrons. The van der Waals surface area contributed by atoms with E-state index in [1.54, 1.807) is 4.52 Å². The van der Waals surface area contributed by atoms with Crippen LogP contribution in [0, 0.1) is 12.8 Å². The highest BCUT2D eigenvalue weighted by molar-refractivity contribution is 5.44. The van der Waals surface area contributed by atoms with Crippen LogP contribution in [-0.2, 0) is 0 Å². The van der Waals surface area contributed by atoms with Gasteiger partial charge in [0.05, 0.1) is 0 Å². The molecule has 2 aromatic heterocycles. The summed E-state index contributed by atoms with van der Waals surface area (Å²) in [6, 6.07) is 1.98. The van der Waals surface area contributed by atoms with Crippen LogP contribution in [-0.4, -0.2) is 32.7 Å². The second-order valence-electron chi connectivity index (χ2n) is 4.66. The van der Waals surface area contributed by atoms with E-state index in [1.165, 1.54) is 6.33 Å². The minimum atomic E-state index is 0.581. The van der Waals surface area contributed by atoms with Crippen molar-refractivity contribution in [2.24, 2.45) is 11.7 Å². The third-order valence-electron chi connectivity index (χ3n) is 2.96. The lowest BCUT2D eigenvalue weighted by Gasteiger charge is -2.10. The maximum Gasteiger partial charge on any atom is 0.254 e. The molecular weight excluding hydrogens is 228 g/mol. The highest BCUT2D eigenvalue weighted by Crippen LogP contribution is 2.11. The Bertz CT molecular complexity index is 506. The van der Waals surface area contributed by atoms with Crippen LogP contribution >= 0.6 is 0 Å². The van der Waals surface area contributed by atoms with Crippen molar-refractivity contribution in [3.63, 3.8) is 0 Å². The topological polar surface area (TPSA) is 81.1 Å². The van der Waals surface area contributed by atoms with Crippen LogP contribution in [0.5, 0.6) is 0 Å². The van der Waals surface area contributed by atoms with Gasteiger partial charge >= 0.3 is 0 Å². The first kappa shape index (κ1) is 12.8. The summed E-state index contributed by atoms with van der Waals surface area (Å²) in [6.07, 6.45) is 3.74. The lowest BCUT2D eigenvalue weighted by atomic mass is 10.1. The van der Waals surface area contributed by atoms with Crippen LogP contribution in [0.4, 0.5) is 5.82 Å². The second kappa shape index (κ2) is 5.77. The number of nitrogens with one attached hydrogen (secondary N) is 1. The number of fused-ring (bicyclic) bond motifs is 1. The largest absolute Gasteiger partial charge is 0.370 e. The number of hydrogen-bond acceptors (Lipinski definition) is 5. The molecule has 98 valence electrons. The zero-order chi connectivity index (χ0) is 13.0. The van der Waals surface area contributed by atoms with Crippen LogP contribution < -0.4 is 11.1 Å². The van der Waals surface area contributed by atoms with Crippen molar-refractivity contribution in [3.05, 3.63) is 18.1 Å². The third-order valence-corrected chi connectivity index (χ3v) is 2.96. The lowest BCUT2D eigenvalue weighted by molar-refractivity contribution is 0.529. The number of anilines is 1. The van der Waals surface area contributed by atoms with Crippen molar-refractivity contribution in [1.29, 1.82) is 0 Å². The molecule has 2 aromatic rings. The van der Waals surface area contributed by atoms with Gasteiger partial charge in [-0.3, -0.25) is 0 Å². The molecule has 0 spiro atoms. The van der Waals surface area contributed by atoms with Gasteiger partial charge < -0.3 is 11.1 Å². The monoisotopic (exact) mass is 248 g/mol. The molecule has 2 heterocycles. The molecule has 6 nitrogen and oxygen atoms in total. The number of aromatic nitrogens is 4. The number of nitrogens with zero attached hydrogens (tertiary/aromatic N) is 4.